The van der Waals surface area contributed by atoms with Crippen molar-refractivity contribution in [2.45, 2.75) is 6.61 Å². The van der Waals surface area contributed by atoms with Crippen LogP contribution in [-0.4, -0.2) is 20.5 Å². The highest BCUT2D eigenvalue weighted by Gasteiger charge is 2.26. The average molecular weight is 322 g/mol. The molecule has 0 saturated carbocycles. The Morgan fingerprint density at radius 3 is 2.87 bits per heavy atom. The Bertz CT molecular complexity index is 344. The molecule has 1 saturated heterocycles. The molecule has 0 radical (unpaired) electrons. The Morgan fingerprint density at radius 1 is 1.40 bits per heavy atom. The van der Waals surface area contributed by atoms with E-state index in [9.17, 15) is 4.39 Å². The van der Waals surface area contributed by atoms with Crippen LogP contribution < -0.4 is 0 Å². The lowest BCUT2D eigenvalue weighted by molar-refractivity contribution is 0.169. The Balaban J connectivity index is 1.94. The second-order valence-electron chi connectivity index (χ2n) is 3.08. The van der Waals surface area contributed by atoms with Gasteiger partial charge in [-0.05, 0) is 46.4 Å². The van der Waals surface area contributed by atoms with Crippen molar-refractivity contribution in [3.05, 3.63) is 33.1 Å². The minimum Gasteiger partial charge on any atom is -0.384 e. The maximum absolute atomic E-state index is 12.9. The van der Waals surface area contributed by atoms with Gasteiger partial charge in [0.2, 0.25) is 0 Å². The van der Waals surface area contributed by atoms with Crippen molar-refractivity contribution in [3.63, 3.8) is 0 Å². The highest BCUT2D eigenvalue weighted by Crippen LogP contribution is 2.15. The van der Waals surface area contributed by atoms with Crippen molar-refractivity contribution in [2.75, 3.05) is 13.2 Å². The molecule has 15 heavy (non-hydrogen) atoms. The summed E-state index contributed by atoms with van der Waals surface area (Å²) >= 11 is 2.14. The molecule has 0 N–H and O–H groups in total. The first-order valence-corrected chi connectivity index (χ1v) is 5.62. The van der Waals surface area contributed by atoms with Gasteiger partial charge >= 0.3 is 7.32 Å². The largest absolute Gasteiger partial charge is 0.639 e. The molecule has 1 aromatic carbocycles. The van der Waals surface area contributed by atoms with Crippen LogP contribution in [0.1, 0.15) is 5.56 Å². The van der Waals surface area contributed by atoms with Gasteiger partial charge in [-0.15, -0.1) is 0 Å². The first-order valence-electron chi connectivity index (χ1n) is 4.54. The van der Waals surface area contributed by atoms with Gasteiger partial charge in [0.25, 0.3) is 0 Å². The Hall–Kier alpha value is -0.175. The van der Waals surface area contributed by atoms with Crippen LogP contribution in [0.4, 0.5) is 4.39 Å². The lowest BCUT2D eigenvalue weighted by Gasteiger charge is -2.07. The zero-order valence-corrected chi connectivity index (χ0v) is 10.1. The third kappa shape index (κ3) is 3.14. The second kappa shape index (κ2) is 5.24. The minimum absolute atomic E-state index is 0.262. The molecule has 0 spiro atoms. The molecule has 6 heteroatoms. The summed E-state index contributed by atoms with van der Waals surface area (Å²) in [6.45, 7) is 1.39. The van der Waals surface area contributed by atoms with Crippen molar-refractivity contribution >= 4 is 29.9 Å². The summed E-state index contributed by atoms with van der Waals surface area (Å²) in [5.41, 5.74) is 0.801. The zero-order valence-electron chi connectivity index (χ0n) is 7.91. The Morgan fingerprint density at radius 2 is 2.13 bits per heavy atom. The molecule has 1 heterocycles. The van der Waals surface area contributed by atoms with Crippen LogP contribution in [0.3, 0.4) is 0 Å². The molecule has 0 amide bonds. The van der Waals surface area contributed by atoms with Crippen molar-refractivity contribution in [2.24, 2.45) is 0 Å². The second-order valence-corrected chi connectivity index (χ2v) is 4.24. The summed E-state index contributed by atoms with van der Waals surface area (Å²) in [5, 5.41) is 0. The van der Waals surface area contributed by atoms with E-state index in [0.29, 0.717) is 19.8 Å². The standard InChI is InChI=1S/C9H9BFIO3/c11-8-1-2-9(12)7(5-8)6-15-10-13-3-4-14-10/h1-2,5H,3-4,6H2. The quantitative estimate of drug-likeness (QED) is 0.629. The van der Waals surface area contributed by atoms with Crippen LogP contribution in [-0.2, 0) is 20.6 Å². The van der Waals surface area contributed by atoms with Crippen LogP contribution in [0.2, 0.25) is 0 Å². The van der Waals surface area contributed by atoms with Gasteiger partial charge in [0, 0.05) is 3.57 Å². The fourth-order valence-electron chi connectivity index (χ4n) is 1.24. The molecule has 0 aromatic heterocycles. The molecular weight excluding hydrogens is 313 g/mol. The molecular formula is C9H9BFIO3. The smallest absolute Gasteiger partial charge is 0.384 e. The van der Waals surface area contributed by atoms with E-state index in [2.05, 4.69) is 22.6 Å². The Kier molecular flexibility index (Phi) is 3.96. The number of benzene rings is 1. The van der Waals surface area contributed by atoms with Crippen LogP contribution >= 0.6 is 22.6 Å². The van der Waals surface area contributed by atoms with Gasteiger partial charge in [-0.2, -0.15) is 0 Å². The topological polar surface area (TPSA) is 27.7 Å². The summed E-state index contributed by atoms with van der Waals surface area (Å²) in [7, 11) is -0.607. The molecule has 1 aliphatic rings. The first-order chi connectivity index (χ1) is 7.25. The lowest BCUT2D eigenvalue weighted by atomic mass is 10.2. The van der Waals surface area contributed by atoms with Crippen molar-refractivity contribution in [3.8, 4) is 0 Å². The predicted octanol–water partition coefficient (Wildman–Crippen LogP) is 1.98. The third-order valence-corrected chi connectivity index (χ3v) is 3.03. The van der Waals surface area contributed by atoms with E-state index in [1.165, 1.54) is 12.1 Å². The normalized spacial score (nSPS) is 16.0. The fourth-order valence-corrected chi connectivity index (χ4v) is 1.74. The van der Waals surface area contributed by atoms with E-state index in [4.69, 9.17) is 14.0 Å². The molecule has 0 atom stereocenters. The molecule has 1 aromatic rings. The van der Waals surface area contributed by atoms with Crippen LogP contribution in [0.15, 0.2) is 18.2 Å². The summed E-state index contributed by atoms with van der Waals surface area (Å²) < 4.78 is 29.4. The highest BCUT2D eigenvalue weighted by molar-refractivity contribution is 14.1. The van der Waals surface area contributed by atoms with Crippen LogP contribution in [0, 0.1) is 9.39 Å². The monoisotopic (exact) mass is 322 g/mol. The van der Waals surface area contributed by atoms with E-state index in [-0.39, 0.29) is 5.82 Å². The molecule has 1 fully saturated rings. The van der Waals surface area contributed by atoms with E-state index in [0.717, 1.165) is 9.13 Å². The highest BCUT2D eigenvalue weighted by atomic mass is 127. The maximum atomic E-state index is 12.9. The fraction of sp³-hybridized carbons (Fsp3) is 0.333. The molecule has 0 aliphatic carbocycles. The van der Waals surface area contributed by atoms with Crippen LogP contribution in [0.5, 0.6) is 0 Å². The van der Waals surface area contributed by atoms with Crippen molar-refractivity contribution < 1.29 is 18.4 Å². The maximum Gasteiger partial charge on any atom is 0.639 e. The number of rotatable bonds is 3. The van der Waals surface area contributed by atoms with E-state index in [1.54, 1.807) is 6.07 Å². The molecule has 2 rings (SSSR count). The molecule has 0 bridgehead atoms. The molecule has 0 unspecified atom stereocenters. The summed E-state index contributed by atoms with van der Waals surface area (Å²) in [6.07, 6.45) is 0. The minimum atomic E-state index is -0.607. The third-order valence-electron chi connectivity index (χ3n) is 1.97. The van der Waals surface area contributed by atoms with Gasteiger partial charge in [0.15, 0.2) is 0 Å². The van der Waals surface area contributed by atoms with E-state index < -0.39 is 7.32 Å². The van der Waals surface area contributed by atoms with E-state index >= 15 is 0 Å². The van der Waals surface area contributed by atoms with E-state index in [1.807, 2.05) is 0 Å². The first kappa shape index (κ1) is 11.3. The number of halogens is 2. The summed E-state index contributed by atoms with van der Waals surface area (Å²) in [4.78, 5) is 0. The SMILES string of the molecule is Fc1ccc(I)c(COB2OCCO2)c1. The number of hydrogen-bond donors (Lipinski definition) is 0. The zero-order chi connectivity index (χ0) is 10.7. The predicted molar refractivity (Wildman–Crippen MR) is 61.6 cm³/mol. The van der Waals surface area contributed by atoms with Gasteiger partial charge in [0.05, 0.1) is 19.8 Å². The number of hydrogen-bond acceptors (Lipinski definition) is 3. The molecule has 3 nitrogen and oxygen atoms in total. The summed E-state index contributed by atoms with van der Waals surface area (Å²) in [6, 6.07) is 4.59. The van der Waals surface area contributed by atoms with Gasteiger partial charge in [-0.3, -0.25) is 0 Å². The Labute approximate surface area is 101 Å². The molecule has 1 aliphatic heterocycles. The van der Waals surface area contributed by atoms with Gasteiger partial charge < -0.3 is 14.0 Å². The molecule has 80 valence electrons. The lowest BCUT2D eigenvalue weighted by Crippen LogP contribution is -2.19. The summed E-state index contributed by atoms with van der Waals surface area (Å²) in [5.74, 6) is -0.262. The van der Waals surface area contributed by atoms with Crippen molar-refractivity contribution in [1.82, 2.24) is 0 Å². The van der Waals surface area contributed by atoms with Gasteiger partial charge in [0.1, 0.15) is 5.82 Å². The van der Waals surface area contributed by atoms with Crippen LogP contribution in [0.25, 0.3) is 0 Å². The van der Waals surface area contributed by atoms with Gasteiger partial charge in [-0.25, -0.2) is 4.39 Å². The average Bonchev–Trinajstić information content (AvgIpc) is 2.72. The van der Waals surface area contributed by atoms with Crippen molar-refractivity contribution in [1.29, 1.82) is 0 Å². The van der Waals surface area contributed by atoms with Gasteiger partial charge in [-0.1, -0.05) is 0 Å².